The van der Waals surface area contributed by atoms with Crippen molar-refractivity contribution >= 4 is 0 Å². The van der Waals surface area contributed by atoms with Crippen molar-refractivity contribution in [2.24, 2.45) is 5.92 Å². The Kier molecular flexibility index (Phi) is 9.02. The fraction of sp³-hybridized carbons (Fsp3) is 0.483. The lowest BCUT2D eigenvalue weighted by Crippen LogP contribution is -2.36. The highest BCUT2D eigenvalue weighted by Gasteiger charge is 2.29. The summed E-state index contributed by atoms with van der Waals surface area (Å²) in [5.74, 6) is 2.66. The molecule has 3 aromatic rings. The third-order valence-electron chi connectivity index (χ3n) is 6.32. The van der Waals surface area contributed by atoms with Gasteiger partial charge in [0.25, 0.3) is 0 Å². The predicted octanol–water partition coefficient (Wildman–Crippen LogP) is 5.23. The fourth-order valence-electron chi connectivity index (χ4n) is 4.32. The molecule has 1 N–H and O–H groups in total. The molecule has 1 fully saturated rings. The quantitative estimate of drug-likeness (QED) is 0.332. The van der Waals surface area contributed by atoms with E-state index in [0.717, 1.165) is 29.9 Å². The molecule has 0 spiro atoms. The molecule has 2 aromatic carbocycles. The number of aliphatic hydroxyl groups is 1. The van der Waals surface area contributed by atoms with Gasteiger partial charge < -0.3 is 19.3 Å². The van der Waals surface area contributed by atoms with Crippen molar-refractivity contribution in [3.8, 4) is 23.1 Å². The van der Waals surface area contributed by atoms with Gasteiger partial charge >= 0.3 is 0 Å². The van der Waals surface area contributed by atoms with Crippen LogP contribution in [0, 0.1) is 5.92 Å². The zero-order chi connectivity index (χ0) is 25.5. The van der Waals surface area contributed by atoms with Crippen molar-refractivity contribution < 1.29 is 19.3 Å². The van der Waals surface area contributed by atoms with Crippen LogP contribution in [-0.2, 0) is 17.7 Å². The molecule has 0 amide bonds. The third kappa shape index (κ3) is 6.87. The fourth-order valence-corrected chi connectivity index (χ4v) is 4.32. The van der Waals surface area contributed by atoms with Gasteiger partial charge in [-0.2, -0.15) is 5.10 Å². The monoisotopic (exact) mass is 493 g/mol. The van der Waals surface area contributed by atoms with Crippen molar-refractivity contribution in [2.75, 3.05) is 26.8 Å². The maximum absolute atomic E-state index is 10.7. The van der Waals surface area contributed by atoms with Crippen LogP contribution in [0.4, 0.5) is 0 Å². The molecular weight excluding hydrogens is 454 g/mol. The number of hydrogen-bond donors (Lipinski definition) is 1. The van der Waals surface area contributed by atoms with Crippen molar-refractivity contribution in [1.29, 1.82) is 0 Å². The second-order valence-corrected chi connectivity index (χ2v) is 9.76. The van der Waals surface area contributed by atoms with E-state index >= 15 is 0 Å². The van der Waals surface area contributed by atoms with E-state index in [1.54, 1.807) is 7.11 Å². The van der Waals surface area contributed by atoms with Crippen molar-refractivity contribution in [1.82, 2.24) is 14.7 Å². The summed E-state index contributed by atoms with van der Waals surface area (Å²) in [7, 11) is 1.65. The second kappa shape index (κ2) is 12.4. The van der Waals surface area contributed by atoms with Gasteiger partial charge in [0, 0.05) is 19.6 Å². The van der Waals surface area contributed by atoms with E-state index < -0.39 is 6.10 Å². The van der Waals surface area contributed by atoms with E-state index in [9.17, 15) is 5.11 Å². The molecule has 1 aliphatic carbocycles. The lowest BCUT2D eigenvalue weighted by Gasteiger charge is -2.26. The lowest BCUT2D eigenvalue weighted by molar-refractivity contribution is -0.0101. The average Bonchev–Trinajstić information content (AvgIpc) is 3.64. The molecule has 1 saturated carbocycles. The number of aliphatic hydroxyl groups excluding tert-OH is 1. The first-order valence-corrected chi connectivity index (χ1v) is 13.0. The van der Waals surface area contributed by atoms with Crippen LogP contribution in [0.15, 0.2) is 54.6 Å². The predicted molar refractivity (Wildman–Crippen MR) is 141 cm³/mol. The van der Waals surface area contributed by atoms with Crippen LogP contribution in [0.2, 0.25) is 0 Å². The summed E-state index contributed by atoms with van der Waals surface area (Å²) in [5.41, 5.74) is 2.95. The molecule has 0 bridgehead atoms. The van der Waals surface area contributed by atoms with Crippen LogP contribution in [-0.4, -0.2) is 58.8 Å². The van der Waals surface area contributed by atoms with E-state index in [0.29, 0.717) is 43.0 Å². The number of nitrogens with zero attached hydrogens (tertiary/aromatic N) is 3. The molecule has 36 heavy (non-hydrogen) atoms. The molecule has 1 heterocycles. The Hall–Kier alpha value is -2.87. The Bertz CT molecular complexity index is 1100. The van der Waals surface area contributed by atoms with E-state index in [4.69, 9.17) is 19.3 Å². The van der Waals surface area contributed by atoms with Crippen LogP contribution in [0.1, 0.15) is 44.9 Å². The van der Waals surface area contributed by atoms with E-state index in [1.807, 2.05) is 73.1 Å². The molecule has 4 rings (SSSR count). The number of para-hydroxylation sites is 3. The minimum absolute atomic E-state index is 0.0909. The Balaban J connectivity index is 1.69. The van der Waals surface area contributed by atoms with Crippen LogP contribution >= 0.6 is 0 Å². The molecule has 1 aliphatic rings. The SMILES string of the molecule is CCc1nn(-c2ccccc2)c(Oc2ccccc2OC)c1CN(CC1CC1)C[C@H](O)COC(C)C. The number of aryl methyl sites for hydroxylation is 1. The minimum Gasteiger partial charge on any atom is -0.493 e. The van der Waals surface area contributed by atoms with Gasteiger partial charge in [-0.15, -0.1) is 0 Å². The molecule has 0 saturated heterocycles. The number of rotatable bonds is 14. The number of hydrogen-bond acceptors (Lipinski definition) is 6. The molecule has 1 atom stereocenters. The van der Waals surface area contributed by atoms with Gasteiger partial charge in [0.05, 0.1) is 42.9 Å². The van der Waals surface area contributed by atoms with Crippen LogP contribution in [0.3, 0.4) is 0 Å². The zero-order valence-electron chi connectivity index (χ0n) is 21.9. The van der Waals surface area contributed by atoms with Gasteiger partial charge in [0.2, 0.25) is 5.88 Å². The van der Waals surface area contributed by atoms with E-state index in [1.165, 1.54) is 12.8 Å². The zero-order valence-corrected chi connectivity index (χ0v) is 21.9. The first-order valence-electron chi connectivity index (χ1n) is 13.0. The van der Waals surface area contributed by atoms with Crippen LogP contribution in [0.25, 0.3) is 5.69 Å². The molecule has 0 radical (unpaired) electrons. The van der Waals surface area contributed by atoms with Crippen molar-refractivity contribution in [3.63, 3.8) is 0 Å². The minimum atomic E-state index is -0.556. The second-order valence-electron chi connectivity index (χ2n) is 9.76. The van der Waals surface area contributed by atoms with Gasteiger partial charge in [-0.3, -0.25) is 4.90 Å². The maximum Gasteiger partial charge on any atom is 0.227 e. The third-order valence-corrected chi connectivity index (χ3v) is 6.32. The summed E-state index contributed by atoms with van der Waals surface area (Å²) >= 11 is 0. The summed E-state index contributed by atoms with van der Waals surface area (Å²) in [6.07, 6.45) is 2.79. The number of methoxy groups -OCH3 is 1. The Morgan fingerprint density at radius 2 is 1.75 bits per heavy atom. The summed E-state index contributed by atoms with van der Waals surface area (Å²) < 4.78 is 19.7. The summed E-state index contributed by atoms with van der Waals surface area (Å²) in [6, 6.07) is 17.7. The first kappa shape index (κ1) is 26.2. The van der Waals surface area contributed by atoms with Crippen molar-refractivity contribution in [2.45, 2.75) is 58.8 Å². The highest BCUT2D eigenvalue weighted by atomic mass is 16.5. The van der Waals surface area contributed by atoms with Crippen LogP contribution in [0.5, 0.6) is 17.4 Å². The topological polar surface area (TPSA) is 69.0 Å². The number of ether oxygens (including phenoxy) is 3. The Labute approximate surface area is 214 Å². The smallest absolute Gasteiger partial charge is 0.227 e. The molecular formula is C29H39N3O4. The molecule has 7 heteroatoms. The lowest BCUT2D eigenvalue weighted by atomic mass is 10.1. The summed E-state index contributed by atoms with van der Waals surface area (Å²) in [5, 5.41) is 15.7. The molecule has 194 valence electrons. The standard InChI is InChI=1S/C29H39N3O4/c1-5-26-25(19-31(17-22-15-16-22)18-24(33)20-35-21(2)3)29(32(30-26)23-11-7-6-8-12-23)36-28-14-10-9-13-27(28)34-4/h6-14,21-22,24,33H,5,15-20H2,1-4H3/t24-/m0/s1. The van der Waals surface area contributed by atoms with Gasteiger partial charge in [-0.1, -0.05) is 37.3 Å². The Morgan fingerprint density at radius 3 is 2.39 bits per heavy atom. The van der Waals surface area contributed by atoms with Crippen molar-refractivity contribution in [3.05, 3.63) is 65.9 Å². The van der Waals surface area contributed by atoms with E-state index in [-0.39, 0.29) is 6.10 Å². The van der Waals surface area contributed by atoms with Gasteiger partial charge in [0.15, 0.2) is 11.5 Å². The van der Waals surface area contributed by atoms with E-state index in [2.05, 4.69) is 11.8 Å². The van der Waals surface area contributed by atoms with Crippen LogP contribution < -0.4 is 9.47 Å². The number of benzene rings is 2. The highest BCUT2D eigenvalue weighted by Crippen LogP contribution is 2.37. The normalized spacial score (nSPS) is 14.4. The average molecular weight is 494 g/mol. The van der Waals surface area contributed by atoms with Gasteiger partial charge in [0.1, 0.15) is 0 Å². The van der Waals surface area contributed by atoms with Gasteiger partial charge in [-0.05, 0) is 63.3 Å². The highest BCUT2D eigenvalue weighted by molar-refractivity contribution is 5.47. The summed E-state index contributed by atoms with van der Waals surface area (Å²) in [6.45, 7) is 8.53. The number of aromatic nitrogens is 2. The Morgan fingerprint density at radius 1 is 1.06 bits per heavy atom. The first-order chi connectivity index (χ1) is 17.5. The summed E-state index contributed by atoms with van der Waals surface area (Å²) in [4.78, 5) is 2.33. The molecule has 7 nitrogen and oxygen atoms in total. The molecule has 0 aliphatic heterocycles. The largest absolute Gasteiger partial charge is 0.493 e. The maximum atomic E-state index is 10.7. The molecule has 1 aromatic heterocycles. The molecule has 0 unspecified atom stereocenters. The van der Waals surface area contributed by atoms with Gasteiger partial charge in [-0.25, -0.2) is 4.68 Å².